The predicted octanol–water partition coefficient (Wildman–Crippen LogP) is 6.44. The second-order valence-corrected chi connectivity index (χ2v) is 9.76. The highest BCUT2D eigenvalue weighted by Gasteiger charge is 2.36. The van der Waals surface area contributed by atoms with Gasteiger partial charge in [-0.25, -0.2) is 4.39 Å². The molecule has 3 aromatic carbocycles. The number of ether oxygens (including phenoxy) is 2. The van der Waals surface area contributed by atoms with Gasteiger partial charge in [0.25, 0.3) is 11.1 Å². The molecule has 1 aliphatic rings. The molecule has 0 aliphatic carbocycles. The number of thioether (sulfide) groups is 1. The molecular formula is C28H24ClFN2O5S. The molecule has 0 atom stereocenters. The van der Waals surface area contributed by atoms with Crippen LogP contribution in [0.4, 0.5) is 14.9 Å². The van der Waals surface area contributed by atoms with Gasteiger partial charge in [0, 0.05) is 5.69 Å². The normalized spacial score (nSPS) is 14.2. The molecule has 1 heterocycles. The number of nitrogens with zero attached hydrogens (tertiary/aromatic N) is 1. The molecule has 1 fully saturated rings. The van der Waals surface area contributed by atoms with Crippen LogP contribution >= 0.6 is 23.4 Å². The number of carbonyl (C=O) groups excluding carboxylic acids is 3. The highest BCUT2D eigenvalue weighted by molar-refractivity contribution is 8.18. The number of hydrogen-bond donors (Lipinski definition) is 1. The molecule has 38 heavy (non-hydrogen) atoms. The fourth-order valence-electron chi connectivity index (χ4n) is 3.61. The quantitative estimate of drug-likeness (QED) is 0.306. The van der Waals surface area contributed by atoms with Crippen molar-refractivity contribution >= 4 is 52.2 Å². The first kappa shape index (κ1) is 27.2. The summed E-state index contributed by atoms with van der Waals surface area (Å²) < 4.78 is 25.0. The molecule has 1 saturated heterocycles. The van der Waals surface area contributed by atoms with E-state index in [0.29, 0.717) is 35.4 Å². The van der Waals surface area contributed by atoms with Crippen LogP contribution in [0.1, 0.15) is 23.6 Å². The van der Waals surface area contributed by atoms with Gasteiger partial charge in [-0.15, -0.1) is 0 Å². The molecule has 196 valence electrons. The number of carbonyl (C=O) groups is 3. The predicted molar refractivity (Wildman–Crippen MR) is 146 cm³/mol. The third-order valence-corrected chi connectivity index (χ3v) is 6.61. The van der Waals surface area contributed by atoms with Crippen LogP contribution in [0.2, 0.25) is 5.02 Å². The van der Waals surface area contributed by atoms with E-state index in [2.05, 4.69) is 5.32 Å². The summed E-state index contributed by atoms with van der Waals surface area (Å²) in [4.78, 5) is 38.7. The van der Waals surface area contributed by atoms with Crippen molar-refractivity contribution in [3.63, 3.8) is 0 Å². The second-order valence-electron chi connectivity index (χ2n) is 8.36. The third kappa shape index (κ3) is 6.73. The van der Waals surface area contributed by atoms with Crippen molar-refractivity contribution in [2.24, 2.45) is 0 Å². The summed E-state index contributed by atoms with van der Waals surface area (Å²) in [5, 5.41) is 2.16. The lowest BCUT2D eigenvalue weighted by Crippen LogP contribution is -2.36. The Hall–Kier alpha value is -3.82. The zero-order chi connectivity index (χ0) is 27.2. The van der Waals surface area contributed by atoms with Crippen LogP contribution in [-0.4, -0.2) is 35.1 Å². The molecule has 7 nitrogen and oxygen atoms in total. The summed E-state index contributed by atoms with van der Waals surface area (Å²) >= 11 is 7.22. The van der Waals surface area contributed by atoms with Gasteiger partial charge in [-0.2, -0.15) is 0 Å². The Kier molecular flexibility index (Phi) is 8.70. The van der Waals surface area contributed by atoms with Crippen LogP contribution in [-0.2, 0) is 16.2 Å². The van der Waals surface area contributed by atoms with Crippen LogP contribution in [0, 0.1) is 12.7 Å². The number of imide groups is 1. The lowest BCUT2D eigenvalue weighted by molar-refractivity contribution is -0.127. The maximum absolute atomic E-state index is 13.4. The summed E-state index contributed by atoms with van der Waals surface area (Å²) in [7, 11) is 0. The van der Waals surface area contributed by atoms with E-state index in [4.69, 9.17) is 21.1 Å². The Morgan fingerprint density at radius 3 is 2.58 bits per heavy atom. The molecule has 10 heteroatoms. The standard InChI is InChI=1S/C28H24ClFN2O5S/c1-3-36-23-12-19(11-22(29)26(23)37-16-18-9-7-17(2)8-10-18)13-24-27(34)32(28(35)38-24)15-25(33)31-21-6-4-5-20(30)14-21/h4-14H,3,15-16H2,1-2H3,(H,31,33)/b24-13+. The van der Waals surface area contributed by atoms with Gasteiger partial charge in [-0.3, -0.25) is 19.3 Å². The van der Waals surface area contributed by atoms with Crippen molar-refractivity contribution in [2.75, 3.05) is 18.5 Å². The second kappa shape index (κ2) is 12.1. The van der Waals surface area contributed by atoms with Gasteiger partial charge < -0.3 is 14.8 Å². The molecule has 0 saturated carbocycles. The lowest BCUT2D eigenvalue weighted by Gasteiger charge is -2.15. The number of aryl methyl sites for hydroxylation is 1. The summed E-state index contributed by atoms with van der Waals surface area (Å²) in [6.07, 6.45) is 1.51. The van der Waals surface area contributed by atoms with E-state index in [1.54, 1.807) is 12.1 Å². The van der Waals surface area contributed by atoms with Crippen molar-refractivity contribution in [1.29, 1.82) is 0 Å². The zero-order valence-electron chi connectivity index (χ0n) is 20.6. The van der Waals surface area contributed by atoms with Crippen molar-refractivity contribution in [1.82, 2.24) is 4.90 Å². The van der Waals surface area contributed by atoms with Gasteiger partial charge in [-0.1, -0.05) is 47.5 Å². The first-order valence-corrected chi connectivity index (χ1v) is 12.9. The monoisotopic (exact) mass is 554 g/mol. The third-order valence-electron chi connectivity index (χ3n) is 5.42. The number of anilines is 1. The number of rotatable bonds is 9. The Balaban J connectivity index is 1.48. The molecule has 0 spiro atoms. The van der Waals surface area contributed by atoms with Crippen LogP contribution in [0.25, 0.3) is 6.08 Å². The van der Waals surface area contributed by atoms with E-state index in [9.17, 15) is 18.8 Å². The minimum absolute atomic E-state index is 0.125. The van der Waals surface area contributed by atoms with Gasteiger partial charge in [-0.05, 0) is 73.1 Å². The van der Waals surface area contributed by atoms with Crippen LogP contribution in [0.5, 0.6) is 11.5 Å². The SMILES string of the molecule is CCOc1cc(/C=C2/SC(=O)N(CC(=O)Nc3cccc(F)c3)C2=O)cc(Cl)c1OCc1ccc(C)cc1. The van der Waals surface area contributed by atoms with Crippen LogP contribution < -0.4 is 14.8 Å². The minimum atomic E-state index is -0.629. The van der Waals surface area contributed by atoms with Gasteiger partial charge in [0.05, 0.1) is 16.5 Å². The minimum Gasteiger partial charge on any atom is -0.490 e. The smallest absolute Gasteiger partial charge is 0.294 e. The molecule has 0 unspecified atom stereocenters. The molecule has 0 bridgehead atoms. The topological polar surface area (TPSA) is 84.9 Å². The fraction of sp³-hybridized carbons (Fsp3) is 0.179. The first-order chi connectivity index (χ1) is 18.2. The summed E-state index contributed by atoms with van der Waals surface area (Å²) in [6, 6.07) is 16.5. The van der Waals surface area contributed by atoms with Crippen molar-refractivity contribution < 1.29 is 28.2 Å². The van der Waals surface area contributed by atoms with Gasteiger partial charge in [0.15, 0.2) is 11.5 Å². The largest absolute Gasteiger partial charge is 0.490 e. The fourth-order valence-corrected chi connectivity index (χ4v) is 4.72. The molecule has 0 aromatic heterocycles. The highest BCUT2D eigenvalue weighted by Crippen LogP contribution is 2.39. The Morgan fingerprint density at radius 1 is 1.11 bits per heavy atom. The molecule has 1 aliphatic heterocycles. The van der Waals surface area contributed by atoms with Gasteiger partial charge >= 0.3 is 0 Å². The number of halogens is 2. The van der Waals surface area contributed by atoms with E-state index in [-0.39, 0.29) is 22.2 Å². The average Bonchev–Trinajstić information content (AvgIpc) is 3.12. The molecular weight excluding hydrogens is 531 g/mol. The average molecular weight is 555 g/mol. The van der Waals surface area contributed by atoms with E-state index < -0.39 is 29.4 Å². The Labute approximate surface area is 228 Å². The van der Waals surface area contributed by atoms with Crippen LogP contribution in [0.15, 0.2) is 65.6 Å². The number of benzene rings is 3. The number of amides is 3. The lowest BCUT2D eigenvalue weighted by atomic mass is 10.1. The number of hydrogen-bond acceptors (Lipinski definition) is 6. The zero-order valence-corrected chi connectivity index (χ0v) is 22.2. The van der Waals surface area contributed by atoms with E-state index >= 15 is 0 Å². The van der Waals surface area contributed by atoms with E-state index in [1.165, 1.54) is 24.3 Å². The molecule has 0 radical (unpaired) electrons. The van der Waals surface area contributed by atoms with Crippen molar-refractivity contribution in [3.8, 4) is 11.5 Å². The maximum atomic E-state index is 13.4. The first-order valence-electron chi connectivity index (χ1n) is 11.7. The Bertz CT molecular complexity index is 1410. The van der Waals surface area contributed by atoms with Crippen LogP contribution in [0.3, 0.4) is 0 Å². The van der Waals surface area contributed by atoms with E-state index in [1.807, 2.05) is 38.1 Å². The molecule has 1 N–H and O–H groups in total. The van der Waals surface area contributed by atoms with Gasteiger partial charge in [0.2, 0.25) is 5.91 Å². The van der Waals surface area contributed by atoms with Crippen molar-refractivity contribution in [3.05, 3.63) is 93.1 Å². The molecule has 4 rings (SSSR count). The highest BCUT2D eigenvalue weighted by atomic mass is 35.5. The molecule has 3 amide bonds. The summed E-state index contributed by atoms with van der Waals surface area (Å²) in [5.74, 6) is -1.01. The summed E-state index contributed by atoms with van der Waals surface area (Å²) in [6.45, 7) is 3.97. The number of nitrogens with one attached hydrogen (secondary N) is 1. The van der Waals surface area contributed by atoms with E-state index in [0.717, 1.165) is 22.1 Å². The van der Waals surface area contributed by atoms with Gasteiger partial charge in [0.1, 0.15) is 19.0 Å². The molecule has 3 aromatic rings. The van der Waals surface area contributed by atoms with Crippen molar-refractivity contribution in [2.45, 2.75) is 20.5 Å². The Morgan fingerprint density at radius 2 is 1.87 bits per heavy atom. The summed E-state index contributed by atoms with van der Waals surface area (Å²) in [5.41, 5.74) is 2.85. The maximum Gasteiger partial charge on any atom is 0.294 e.